The molecule has 0 aromatic carbocycles. The van der Waals surface area contributed by atoms with Crippen molar-refractivity contribution in [3.05, 3.63) is 18.0 Å². The monoisotopic (exact) mass is 287 g/mol. The Hall–Kier alpha value is -0.850. The van der Waals surface area contributed by atoms with Crippen molar-refractivity contribution in [2.45, 2.75) is 45.2 Å². The third-order valence-electron chi connectivity index (χ3n) is 2.96. The van der Waals surface area contributed by atoms with Crippen LogP contribution in [0.3, 0.4) is 0 Å². The van der Waals surface area contributed by atoms with Gasteiger partial charge in [0.2, 0.25) is 10.0 Å². The maximum absolute atomic E-state index is 12.4. The summed E-state index contributed by atoms with van der Waals surface area (Å²) in [5.74, 6) is 0.298. The van der Waals surface area contributed by atoms with E-state index >= 15 is 0 Å². The predicted octanol–water partition coefficient (Wildman–Crippen LogP) is 1.63. The normalized spacial score (nSPS) is 12.6. The molecule has 0 aliphatic carbocycles. The molecular formula is C13H25N3O2S. The fourth-order valence-electron chi connectivity index (χ4n) is 2.08. The maximum Gasteiger partial charge on any atom is 0.244 e. The van der Waals surface area contributed by atoms with Crippen molar-refractivity contribution in [2.24, 2.45) is 11.7 Å². The minimum absolute atomic E-state index is 0.298. The fraction of sp³-hybridized carbons (Fsp3) is 0.692. The highest BCUT2D eigenvalue weighted by atomic mass is 32.2. The summed E-state index contributed by atoms with van der Waals surface area (Å²) in [7, 11) is -1.79. The minimum Gasteiger partial charge on any atom is -0.349 e. The first-order valence-corrected chi connectivity index (χ1v) is 8.12. The van der Waals surface area contributed by atoms with Gasteiger partial charge in [-0.25, -0.2) is 12.7 Å². The predicted molar refractivity (Wildman–Crippen MR) is 77.3 cm³/mol. The van der Waals surface area contributed by atoms with Gasteiger partial charge in [0.15, 0.2) is 0 Å². The quantitative estimate of drug-likeness (QED) is 0.829. The Labute approximate surface area is 116 Å². The van der Waals surface area contributed by atoms with Gasteiger partial charge in [-0.1, -0.05) is 20.8 Å². The molecule has 1 heterocycles. The summed E-state index contributed by atoms with van der Waals surface area (Å²) in [6.45, 7) is 7.71. The number of nitrogens with two attached hydrogens (primary N) is 1. The molecule has 0 bridgehead atoms. The Morgan fingerprint density at radius 3 is 2.53 bits per heavy atom. The fourth-order valence-corrected chi connectivity index (χ4v) is 3.48. The summed E-state index contributed by atoms with van der Waals surface area (Å²) in [5.41, 5.74) is 6.52. The number of rotatable bonds is 7. The number of nitrogens with zero attached hydrogens (tertiary/aromatic N) is 2. The van der Waals surface area contributed by atoms with Crippen LogP contribution in [0.2, 0.25) is 0 Å². The van der Waals surface area contributed by atoms with Gasteiger partial charge in [0.25, 0.3) is 0 Å². The van der Waals surface area contributed by atoms with E-state index < -0.39 is 10.0 Å². The van der Waals surface area contributed by atoms with Gasteiger partial charge >= 0.3 is 0 Å². The van der Waals surface area contributed by atoms with E-state index in [0.29, 0.717) is 23.9 Å². The highest BCUT2D eigenvalue weighted by Gasteiger charge is 2.23. The second-order valence-electron chi connectivity index (χ2n) is 5.24. The summed E-state index contributed by atoms with van der Waals surface area (Å²) >= 11 is 0. The molecule has 0 saturated heterocycles. The first-order chi connectivity index (χ1) is 8.82. The van der Waals surface area contributed by atoms with Crippen LogP contribution in [0.15, 0.2) is 17.2 Å². The van der Waals surface area contributed by atoms with Crippen LogP contribution in [0.25, 0.3) is 0 Å². The molecule has 19 heavy (non-hydrogen) atoms. The summed E-state index contributed by atoms with van der Waals surface area (Å²) in [4.78, 5) is 0.338. The SMILES string of the molecule is CCCn1cc(S(=O)(=O)N(C)CC(C)C)cc1CN. The molecule has 0 spiro atoms. The van der Waals surface area contributed by atoms with Crippen LogP contribution >= 0.6 is 0 Å². The Morgan fingerprint density at radius 2 is 2.05 bits per heavy atom. The van der Waals surface area contributed by atoms with Gasteiger partial charge in [-0.2, -0.15) is 0 Å². The molecule has 110 valence electrons. The number of sulfonamides is 1. The minimum atomic E-state index is -3.41. The Bertz CT molecular complexity index is 506. The second kappa shape index (κ2) is 6.54. The van der Waals surface area contributed by atoms with Crippen LogP contribution in [-0.4, -0.2) is 30.9 Å². The summed E-state index contributed by atoms with van der Waals surface area (Å²) in [6.07, 6.45) is 2.64. The molecular weight excluding hydrogens is 262 g/mol. The van der Waals surface area contributed by atoms with Gasteiger partial charge in [-0.15, -0.1) is 0 Å². The lowest BCUT2D eigenvalue weighted by Gasteiger charge is -2.18. The Kier molecular flexibility index (Phi) is 5.58. The highest BCUT2D eigenvalue weighted by Crippen LogP contribution is 2.19. The molecule has 0 radical (unpaired) electrons. The first-order valence-electron chi connectivity index (χ1n) is 6.68. The Balaban J connectivity index is 3.07. The zero-order valence-electron chi connectivity index (χ0n) is 12.3. The van der Waals surface area contributed by atoms with Gasteiger partial charge in [0.05, 0.1) is 0 Å². The number of hydrogen-bond donors (Lipinski definition) is 1. The molecule has 2 N–H and O–H groups in total. The molecule has 0 fully saturated rings. The van der Waals surface area contributed by atoms with E-state index in [2.05, 4.69) is 6.92 Å². The van der Waals surface area contributed by atoms with E-state index in [4.69, 9.17) is 5.73 Å². The zero-order valence-corrected chi connectivity index (χ0v) is 13.1. The van der Waals surface area contributed by atoms with Crippen molar-refractivity contribution in [3.8, 4) is 0 Å². The van der Waals surface area contributed by atoms with Crippen LogP contribution < -0.4 is 5.73 Å². The zero-order chi connectivity index (χ0) is 14.6. The average molecular weight is 287 g/mol. The molecule has 0 aliphatic rings. The maximum atomic E-state index is 12.4. The van der Waals surface area contributed by atoms with Crippen LogP contribution in [0.4, 0.5) is 0 Å². The van der Waals surface area contributed by atoms with E-state index in [1.165, 1.54) is 4.31 Å². The van der Waals surface area contributed by atoms with Gasteiger partial charge in [0, 0.05) is 38.6 Å². The van der Waals surface area contributed by atoms with Crippen molar-refractivity contribution in [3.63, 3.8) is 0 Å². The molecule has 0 aliphatic heterocycles. The average Bonchev–Trinajstić information content (AvgIpc) is 2.72. The third-order valence-corrected chi connectivity index (χ3v) is 4.75. The summed E-state index contributed by atoms with van der Waals surface area (Å²) < 4.78 is 28.2. The topological polar surface area (TPSA) is 68.3 Å². The lowest BCUT2D eigenvalue weighted by Crippen LogP contribution is -2.30. The van der Waals surface area contributed by atoms with E-state index in [1.807, 2.05) is 18.4 Å². The van der Waals surface area contributed by atoms with Gasteiger partial charge < -0.3 is 10.3 Å². The molecule has 6 heteroatoms. The van der Waals surface area contributed by atoms with Crippen molar-refractivity contribution in [2.75, 3.05) is 13.6 Å². The molecule has 1 aromatic heterocycles. The van der Waals surface area contributed by atoms with E-state index in [1.54, 1.807) is 19.3 Å². The van der Waals surface area contributed by atoms with E-state index in [0.717, 1.165) is 18.7 Å². The summed E-state index contributed by atoms with van der Waals surface area (Å²) in [6, 6.07) is 1.68. The molecule has 5 nitrogen and oxygen atoms in total. The van der Waals surface area contributed by atoms with Crippen LogP contribution in [-0.2, 0) is 23.1 Å². The second-order valence-corrected chi connectivity index (χ2v) is 7.29. The van der Waals surface area contributed by atoms with Crippen LogP contribution in [0, 0.1) is 5.92 Å². The van der Waals surface area contributed by atoms with Crippen molar-refractivity contribution in [1.82, 2.24) is 8.87 Å². The van der Waals surface area contributed by atoms with Gasteiger partial charge in [-0.3, -0.25) is 0 Å². The van der Waals surface area contributed by atoms with E-state index in [9.17, 15) is 8.42 Å². The number of aryl methyl sites for hydroxylation is 1. The third kappa shape index (κ3) is 3.81. The molecule has 0 saturated carbocycles. The summed E-state index contributed by atoms with van der Waals surface area (Å²) in [5, 5.41) is 0. The van der Waals surface area contributed by atoms with E-state index in [-0.39, 0.29) is 0 Å². The van der Waals surface area contributed by atoms with Crippen molar-refractivity contribution >= 4 is 10.0 Å². The lowest BCUT2D eigenvalue weighted by atomic mass is 10.2. The standard InChI is InChI=1S/C13H25N3O2S/c1-5-6-16-10-13(7-12(16)8-14)19(17,18)15(4)9-11(2)3/h7,10-11H,5-6,8-9,14H2,1-4H3. The van der Waals surface area contributed by atoms with Crippen molar-refractivity contribution < 1.29 is 8.42 Å². The molecule has 0 unspecified atom stereocenters. The highest BCUT2D eigenvalue weighted by molar-refractivity contribution is 7.89. The Morgan fingerprint density at radius 1 is 1.42 bits per heavy atom. The molecule has 1 aromatic rings. The molecule has 0 atom stereocenters. The molecule has 1 rings (SSSR count). The van der Waals surface area contributed by atoms with Crippen molar-refractivity contribution in [1.29, 1.82) is 0 Å². The van der Waals surface area contributed by atoms with Crippen LogP contribution in [0.5, 0.6) is 0 Å². The van der Waals surface area contributed by atoms with Gasteiger partial charge in [0.1, 0.15) is 4.90 Å². The smallest absolute Gasteiger partial charge is 0.244 e. The first kappa shape index (κ1) is 16.2. The van der Waals surface area contributed by atoms with Gasteiger partial charge in [-0.05, 0) is 18.4 Å². The lowest BCUT2D eigenvalue weighted by molar-refractivity contribution is 0.417. The van der Waals surface area contributed by atoms with Crippen LogP contribution in [0.1, 0.15) is 32.9 Å². The number of aromatic nitrogens is 1. The largest absolute Gasteiger partial charge is 0.349 e. The molecule has 0 amide bonds. The number of hydrogen-bond acceptors (Lipinski definition) is 3.